The quantitative estimate of drug-likeness (QED) is 0.102. The summed E-state index contributed by atoms with van der Waals surface area (Å²) in [5, 5.41) is 7.45. The molecule has 1 fully saturated rings. The summed E-state index contributed by atoms with van der Waals surface area (Å²) in [4.78, 5) is 16.3. The molecule has 52 heavy (non-hydrogen) atoms. The molecule has 7 rings (SSSR count). The number of carbonyl (C=O) groups excluding carboxylic acids is 1. The van der Waals surface area contributed by atoms with Crippen molar-refractivity contribution in [1.29, 1.82) is 0 Å². The van der Waals surface area contributed by atoms with Crippen LogP contribution in [0.5, 0.6) is 5.75 Å². The summed E-state index contributed by atoms with van der Waals surface area (Å²) < 4.78 is 58.5. The molecule has 0 radical (unpaired) electrons. The van der Waals surface area contributed by atoms with Crippen LogP contribution in [0.3, 0.4) is 0 Å². The first-order chi connectivity index (χ1) is 25.4. The zero-order valence-corrected chi connectivity index (χ0v) is 30.4. The minimum Gasteiger partial charge on any atom is -0.493 e. The number of carbonyl (C=O) groups is 1. The maximum atomic E-state index is 16.7. The maximum absolute atomic E-state index is 16.7. The van der Waals surface area contributed by atoms with Crippen LogP contribution in [-0.2, 0) is 40.6 Å². The molecule has 276 valence electrons. The van der Waals surface area contributed by atoms with Crippen molar-refractivity contribution in [3.63, 3.8) is 0 Å². The Morgan fingerprint density at radius 2 is 1.81 bits per heavy atom. The highest BCUT2D eigenvalue weighted by molar-refractivity contribution is 6.05. The fourth-order valence-electron chi connectivity index (χ4n) is 7.93. The molecule has 9 nitrogen and oxygen atoms in total. The Labute approximate surface area is 303 Å². The third kappa shape index (κ3) is 7.18. The van der Waals surface area contributed by atoms with Gasteiger partial charge in [0.15, 0.2) is 0 Å². The molecular weight excluding hydrogens is 666 g/mol. The first-order valence-corrected chi connectivity index (χ1v) is 18.7. The second-order valence-corrected chi connectivity index (χ2v) is 13.6. The van der Waals surface area contributed by atoms with E-state index < -0.39 is 5.97 Å². The fraction of sp³-hybridized carbons (Fsp3) is 0.463. The van der Waals surface area contributed by atoms with Crippen LogP contribution in [0.1, 0.15) is 73.1 Å². The summed E-state index contributed by atoms with van der Waals surface area (Å²) in [6.07, 6.45) is 3.63. The third-order valence-corrected chi connectivity index (χ3v) is 10.4. The normalized spacial score (nSPS) is 16.9. The Morgan fingerprint density at radius 3 is 2.62 bits per heavy atom. The molecule has 5 aromatic rings. The van der Waals surface area contributed by atoms with E-state index >= 15 is 4.39 Å². The van der Waals surface area contributed by atoms with E-state index in [0.717, 1.165) is 77.6 Å². The predicted molar refractivity (Wildman–Crippen MR) is 197 cm³/mol. The number of fused-ring (bicyclic) bond motifs is 3. The highest BCUT2D eigenvalue weighted by Crippen LogP contribution is 2.43. The van der Waals surface area contributed by atoms with Gasteiger partial charge in [0.05, 0.1) is 37.6 Å². The molecule has 4 heterocycles. The van der Waals surface area contributed by atoms with E-state index in [1.54, 1.807) is 19.1 Å². The minimum atomic E-state index is -0.423. The topological polar surface area (TPSA) is 80.0 Å². The molecule has 2 aliphatic rings. The van der Waals surface area contributed by atoms with Crippen LogP contribution < -0.4 is 4.74 Å². The van der Waals surface area contributed by atoms with Gasteiger partial charge in [-0.3, -0.25) is 9.58 Å². The van der Waals surface area contributed by atoms with Crippen molar-refractivity contribution in [2.45, 2.75) is 65.0 Å². The second kappa shape index (κ2) is 16.1. The van der Waals surface area contributed by atoms with Crippen LogP contribution in [0.4, 0.5) is 8.78 Å². The Bertz CT molecular complexity index is 2050. The van der Waals surface area contributed by atoms with Crippen LogP contribution in [0.2, 0.25) is 0 Å². The van der Waals surface area contributed by atoms with Crippen LogP contribution >= 0.6 is 0 Å². The van der Waals surface area contributed by atoms with E-state index in [9.17, 15) is 9.18 Å². The van der Waals surface area contributed by atoms with E-state index in [1.165, 1.54) is 18.2 Å². The standard InChI is InChI=1S/C41H48F2N4O5/c1-4-33-37-36-32(43)16-15-31-30(11-9-23-51-34-12-8-10-27-26-28(42)13-14-29(27)34)40(41(48)50-5-2)47(39(31)36)18-6-7-22-52-35(38(37)44-45(33)3)17-19-46-20-24-49-25-21-46/h8,10,12-16,26,35H,4-7,9,11,17-25H2,1-3H3. The number of halogens is 2. The Hall–Kier alpha value is -4.32. The first kappa shape index (κ1) is 36.1. The number of nitrogens with zero attached hydrogens (tertiary/aromatic N) is 4. The van der Waals surface area contributed by atoms with Crippen molar-refractivity contribution < 1.29 is 32.5 Å². The van der Waals surface area contributed by atoms with Crippen molar-refractivity contribution in [2.75, 3.05) is 52.7 Å². The van der Waals surface area contributed by atoms with Crippen LogP contribution in [0.15, 0.2) is 48.5 Å². The predicted octanol–water partition coefficient (Wildman–Crippen LogP) is 7.80. The molecule has 2 aliphatic heterocycles. The zero-order valence-electron chi connectivity index (χ0n) is 30.4. The number of hydrogen-bond acceptors (Lipinski definition) is 7. The molecule has 11 heteroatoms. The summed E-state index contributed by atoms with van der Waals surface area (Å²) in [6, 6.07) is 13.6. The highest BCUT2D eigenvalue weighted by atomic mass is 19.1. The van der Waals surface area contributed by atoms with E-state index in [0.29, 0.717) is 74.8 Å². The van der Waals surface area contributed by atoms with Crippen LogP contribution in [0.25, 0.3) is 32.8 Å². The monoisotopic (exact) mass is 714 g/mol. The van der Waals surface area contributed by atoms with Crippen LogP contribution in [-0.4, -0.2) is 77.9 Å². The molecule has 1 atom stereocenters. The number of morpholine rings is 1. The van der Waals surface area contributed by atoms with E-state index in [1.807, 2.05) is 34.5 Å². The second-order valence-electron chi connectivity index (χ2n) is 13.6. The molecule has 2 aromatic heterocycles. The fourth-order valence-corrected chi connectivity index (χ4v) is 7.93. The molecule has 0 amide bonds. The van der Waals surface area contributed by atoms with E-state index in [-0.39, 0.29) is 24.3 Å². The van der Waals surface area contributed by atoms with Crippen molar-refractivity contribution in [3.05, 3.63) is 82.8 Å². The number of benzene rings is 3. The van der Waals surface area contributed by atoms with Gasteiger partial charge < -0.3 is 23.5 Å². The van der Waals surface area contributed by atoms with Gasteiger partial charge in [0, 0.05) is 67.4 Å². The van der Waals surface area contributed by atoms with Gasteiger partial charge in [-0.1, -0.05) is 19.1 Å². The zero-order chi connectivity index (χ0) is 36.2. The lowest BCUT2D eigenvalue weighted by Gasteiger charge is -2.28. The van der Waals surface area contributed by atoms with Gasteiger partial charge in [-0.25, -0.2) is 13.6 Å². The van der Waals surface area contributed by atoms with Gasteiger partial charge in [0.2, 0.25) is 0 Å². The van der Waals surface area contributed by atoms with E-state index in [2.05, 4.69) is 11.8 Å². The molecule has 0 aliphatic carbocycles. The van der Waals surface area contributed by atoms with Gasteiger partial charge in [0.1, 0.15) is 29.2 Å². The van der Waals surface area contributed by atoms with Gasteiger partial charge >= 0.3 is 5.97 Å². The third-order valence-electron chi connectivity index (χ3n) is 10.4. The maximum Gasteiger partial charge on any atom is 0.355 e. The SMILES string of the molecule is CCOC(=O)c1c(CCCOc2cccc3cc(F)ccc23)c2ccc(F)c3c2n1CCCCOC(CCN1CCOCC1)c1nn(C)c(CC)c1-3. The Morgan fingerprint density at radius 1 is 0.981 bits per heavy atom. The lowest BCUT2D eigenvalue weighted by Crippen LogP contribution is -2.37. The molecule has 0 N–H and O–H groups in total. The molecule has 0 bridgehead atoms. The molecular formula is C41H48F2N4O5. The molecule has 3 aromatic carbocycles. The number of aromatic nitrogens is 3. The number of rotatable bonds is 11. The number of aryl methyl sites for hydroxylation is 3. The molecule has 1 saturated heterocycles. The molecule has 1 unspecified atom stereocenters. The number of hydrogen-bond donors (Lipinski definition) is 0. The number of ether oxygens (including phenoxy) is 4. The van der Waals surface area contributed by atoms with E-state index in [4.69, 9.17) is 24.0 Å². The Kier molecular flexibility index (Phi) is 11.2. The van der Waals surface area contributed by atoms with Crippen LogP contribution in [0, 0.1) is 11.6 Å². The Balaban J connectivity index is 1.30. The summed E-state index contributed by atoms with van der Waals surface area (Å²) in [7, 11) is 1.91. The molecule has 0 spiro atoms. The van der Waals surface area contributed by atoms with Crippen molar-refractivity contribution in [1.82, 2.24) is 19.2 Å². The van der Waals surface area contributed by atoms with Crippen molar-refractivity contribution in [3.8, 4) is 16.9 Å². The average Bonchev–Trinajstić information content (AvgIpc) is 3.63. The lowest BCUT2D eigenvalue weighted by atomic mass is 9.94. The number of esters is 1. The van der Waals surface area contributed by atoms with Crippen molar-refractivity contribution in [2.24, 2.45) is 7.05 Å². The largest absolute Gasteiger partial charge is 0.493 e. The summed E-state index contributed by atoms with van der Waals surface area (Å²) in [5.74, 6) is -0.409. The van der Waals surface area contributed by atoms with Gasteiger partial charge in [-0.2, -0.15) is 5.10 Å². The lowest BCUT2D eigenvalue weighted by molar-refractivity contribution is 0.00973. The highest BCUT2D eigenvalue weighted by Gasteiger charge is 2.33. The van der Waals surface area contributed by atoms with Gasteiger partial charge in [-0.15, -0.1) is 0 Å². The smallest absolute Gasteiger partial charge is 0.355 e. The van der Waals surface area contributed by atoms with Gasteiger partial charge in [-0.05, 0) is 92.8 Å². The first-order valence-electron chi connectivity index (χ1n) is 18.7. The minimum absolute atomic E-state index is 0.219. The van der Waals surface area contributed by atoms with Crippen molar-refractivity contribution >= 4 is 27.6 Å². The van der Waals surface area contributed by atoms with Gasteiger partial charge in [0.25, 0.3) is 0 Å². The summed E-state index contributed by atoms with van der Waals surface area (Å²) in [6.45, 7) is 9.47. The summed E-state index contributed by atoms with van der Waals surface area (Å²) >= 11 is 0. The average molecular weight is 715 g/mol. The molecule has 0 saturated carbocycles. The summed E-state index contributed by atoms with van der Waals surface area (Å²) in [5.41, 5.74) is 4.81.